The highest BCUT2D eigenvalue weighted by Gasteiger charge is 2.18. The number of nitrogens with zero attached hydrogens (tertiary/aromatic N) is 1. The third-order valence-electron chi connectivity index (χ3n) is 2.84. The summed E-state index contributed by atoms with van der Waals surface area (Å²) in [6.07, 6.45) is 7.55. The Morgan fingerprint density at radius 1 is 1.36 bits per heavy atom. The van der Waals surface area contributed by atoms with Gasteiger partial charge in [0.2, 0.25) is 5.28 Å². The van der Waals surface area contributed by atoms with Crippen LogP contribution in [0.15, 0.2) is 11.0 Å². The lowest BCUT2D eigenvalue weighted by Crippen LogP contribution is -2.18. The van der Waals surface area contributed by atoms with E-state index in [2.05, 4.69) is 9.97 Å². The summed E-state index contributed by atoms with van der Waals surface area (Å²) in [5, 5.41) is 0.176. The maximum absolute atomic E-state index is 11.6. The molecule has 3 nitrogen and oxygen atoms in total. The standard InChI is InChI=1S/C10H13ClN2O/c11-10-12-6-8(9(14)13-10)7-4-2-1-3-5-7/h6-7H,1-5H2,(H,12,13,14). The normalized spacial score (nSPS) is 18.4. The summed E-state index contributed by atoms with van der Waals surface area (Å²) in [6.45, 7) is 0. The molecule has 1 aromatic heterocycles. The van der Waals surface area contributed by atoms with Gasteiger partial charge in [-0.05, 0) is 30.4 Å². The summed E-state index contributed by atoms with van der Waals surface area (Å²) >= 11 is 5.59. The lowest BCUT2D eigenvalue weighted by molar-refractivity contribution is 0.440. The van der Waals surface area contributed by atoms with Crippen LogP contribution in [0.5, 0.6) is 0 Å². The second-order valence-corrected chi connectivity index (χ2v) is 4.15. The zero-order valence-corrected chi connectivity index (χ0v) is 8.68. The Morgan fingerprint density at radius 2 is 2.07 bits per heavy atom. The summed E-state index contributed by atoms with van der Waals surface area (Å²) in [4.78, 5) is 18.0. The fourth-order valence-corrected chi connectivity index (χ4v) is 2.22. The van der Waals surface area contributed by atoms with Crippen molar-refractivity contribution >= 4 is 11.6 Å². The molecular weight excluding hydrogens is 200 g/mol. The molecule has 1 heterocycles. The zero-order valence-electron chi connectivity index (χ0n) is 7.92. The summed E-state index contributed by atoms with van der Waals surface area (Å²) < 4.78 is 0. The van der Waals surface area contributed by atoms with E-state index in [4.69, 9.17) is 11.6 Å². The van der Waals surface area contributed by atoms with E-state index in [0.717, 1.165) is 18.4 Å². The van der Waals surface area contributed by atoms with Gasteiger partial charge in [0.05, 0.1) is 0 Å². The molecule has 2 rings (SSSR count). The van der Waals surface area contributed by atoms with Gasteiger partial charge in [-0.1, -0.05) is 19.3 Å². The molecule has 4 heteroatoms. The summed E-state index contributed by atoms with van der Waals surface area (Å²) in [6, 6.07) is 0. The fraction of sp³-hybridized carbons (Fsp3) is 0.600. The lowest BCUT2D eigenvalue weighted by Gasteiger charge is -2.20. The minimum absolute atomic E-state index is 0.0723. The van der Waals surface area contributed by atoms with Crippen LogP contribution in [0.1, 0.15) is 43.6 Å². The first kappa shape index (κ1) is 9.71. The van der Waals surface area contributed by atoms with E-state index in [1.807, 2.05) is 0 Å². The molecule has 0 atom stereocenters. The minimum Gasteiger partial charge on any atom is -0.297 e. The van der Waals surface area contributed by atoms with Gasteiger partial charge >= 0.3 is 0 Å². The van der Waals surface area contributed by atoms with Gasteiger partial charge in [-0.15, -0.1) is 0 Å². The summed E-state index contributed by atoms with van der Waals surface area (Å²) in [5.41, 5.74) is 0.728. The SMILES string of the molecule is O=c1[nH]c(Cl)ncc1C1CCCCC1. The highest BCUT2D eigenvalue weighted by molar-refractivity contribution is 6.28. The van der Waals surface area contributed by atoms with Crippen molar-refractivity contribution in [3.8, 4) is 0 Å². The number of aromatic amines is 1. The molecular formula is C10H13ClN2O. The van der Waals surface area contributed by atoms with E-state index < -0.39 is 0 Å². The molecule has 76 valence electrons. The molecule has 1 saturated carbocycles. The van der Waals surface area contributed by atoms with Crippen molar-refractivity contribution in [2.24, 2.45) is 0 Å². The van der Waals surface area contributed by atoms with Gasteiger partial charge in [0.25, 0.3) is 5.56 Å². The van der Waals surface area contributed by atoms with Crippen molar-refractivity contribution in [2.75, 3.05) is 0 Å². The lowest BCUT2D eigenvalue weighted by atomic mass is 9.85. The van der Waals surface area contributed by atoms with E-state index in [1.54, 1.807) is 6.20 Å². The number of halogens is 1. The maximum Gasteiger partial charge on any atom is 0.255 e. The number of H-pyrrole nitrogens is 1. The van der Waals surface area contributed by atoms with Crippen molar-refractivity contribution < 1.29 is 0 Å². The Kier molecular flexibility index (Phi) is 2.87. The van der Waals surface area contributed by atoms with Crippen LogP contribution in [-0.4, -0.2) is 9.97 Å². The largest absolute Gasteiger partial charge is 0.297 e. The van der Waals surface area contributed by atoms with Crippen molar-refractivity contribution in [1.29, 1.82) is 0 Å². The first-order valence-electron chi connectivity index (χ1n) is 5.02. The predicted octanol–water partition coefficient (Wildman–Crippen LogP) is 2.47. The van der Waals surface area contributed by atoms with Crippen molar-refractivity contribution in [3.05, 3.63) is 27.4 Å². The molecule has 1 fully saturated rings. The minimum atomic E-state index is -0.0723. The van der Waals surface area contributed by atoms with Gasteiger partial charge in [0, 0.05) is 11.8 Å². The quantitative estimate of drug-likeness (QED) is 0.727. The van der Waals surface area contributed by atoms with Crippen molar-refractivity contribution in [3.63, 3.8) is 0 Å². The van der Waals surface area contributed by atoms with E-state index in [0.29, 0.717) is 5.92 Å². The number of hydrogen-bond acceptors (Lipinski definition) is 2. The van der Waals surface area contributed by atoms with Crippen molar-refractivity contribution in [2.45, 2.75) is 38.0 Å². The van der Waals surface area contributed by atoms with Gasteiger partial charge in [-0.25, -0.2) is 4.98 Å². The Morgan fingerprint density at radius 3 is 2.71 bits per heavy atom. The van der Waals surface area contributed by atoms with E-state index in [9.17, 15) is 4.79 Å². The molecule has 0 unspecified atom stereocenters. The Balaban J connectivity index is 2.26. The molecule has 0 amide bonds. The maximum atomic E-state index is 11.6. The van der Waals surface area contributed by atoms with Crippen LogP contribution in [0.4, 0.5) is 0 Å². The first-order chi connectivity index (χ1) is 6.77. The predicted molar refractivity (Wildman–Crippen MR) is 55.7 cm³/mol. The molecule has 0 bridgehead atoms. The molecule has 1 aliphatic carbocycles. The molecule has 0 saturated heterocycles. The Labute approximate surface area is 87.5 Å². The molecule has 0 spiro atoms. The van der Waals surface area contributed by atoms with Crippen LogP contribution in [0.3, 0.4) is 0 Å². The van der Waals surface area contributed by atoms with E-state index in [-0.39, 0.29) is 10.8 Å². The number of aromatic nitrogens is 2. The first-order valence-corrected chi connectivity index (χ1v) is 5.40. The van der Waals surface area contributed by atoms with Gasteiger partial charge in [-0.2, -0.15) is 0 Å². The van der Waals surface area contributed by atoms with Gasteiger partial charge < -0.3 is 0 Å². The van der Waals surface area contributed by atoms with Gasteiger partial charge in [-0.3, -0.25) is 9.78 Å². The van der Waals surface area contributed by atoms with E-state index >= 15 is 0 Å². The van der Waals surface area contributed by atoms with Crippen LogP contribution >= 0.6 is 11.6 Å². The Bertz CT molecular complexity index is 369. The smallest absolute Gasteiger partial charge is 0.255 e. The second-order valence-electron chi connectivity index (χ2n) is 3.79. The molecule has 14 heavy (non-hydrogen) atoms. The highest BCUT2D eigenvalue weighted by atomic mass is 35.5. The van der Waals surface area contributed by atoms with Crippen molar-refractivity contribution in [1.82, 2.24) is 9.97 Å². The Hall–Kier alpha value is -0.830. The third-order valence-corrected chi connectivity index (χ3v) is 3.03. The fourth-order valence-electron chi connectivity index (χ4n) is 2.09. The topological polar surface area (TPSA) is 45.8 Å². The van der Waals surface area contributed by atoms with Gasteiger partial charge in [0.1, 0.15) is 0 Å². The van der Waals surface area contributed by atoms with Crippen LogP contribution in [-0.2, 0) is 0 Å². The molecule has 1 aliphatic rings. The summed E-state index contributed by atoms with van der Waals surface area (Å²) in [7, 11) is 0. The monoisotopic (exact) mass is 212 g/mol. The molecule has 1 N–H and O–H groups in total. The molecule has 0 radical (unpaired) electrons. The third kappa shape index (κ3) is 1.98. The molecule has 1 aromatic rings. The average molecular weight is 213 g/mol. The zero-order chi connectivity index (χ0) is 9.97. The van der Waals surface area contributed by atoms with Crippen LogP contribution < -0.4 is 5.56 Å². The van der Waals surface area contributed by atoms with Crippen LogP contribution in [0.25, 0.3) is 0 Å². The van der Waals surface area contributed by atoms with Gasteiger partial charge in [0.15, 0.2) is 0 Å². The number of hydrogen-bond donors (Lipinski definition) is 1. The van der Waals surface area contributed by atoms with Crippen LogP contribution in [0, 0.1) is 0 Å². The van der Waals surface area contributed by atoms with E-state index in [1.165, 1.54) is 19.3 Å². The highest BCUT2D eigenvalue weighted by Crippen LogP contribution is 2.30. The number of nitrogens with one attached hydrogen (secondary N) is 1. The second kappa shape index (κ2) is 4.13. The average Bonchev–Trinajstić information content (AvgIpc) is 2.19. The number of rotatable bonds is 1. The van der Waals surface area contributed by atoms with Crippen LogP contribution in [0.2, 0.25) is 5.28 Å². The summed E-state index contributed by atoms with van der Waals surface area (Å²) in [5.74, 6) is 0.386. The molecule has 0 aromatic carbocycles. The molecule has 0 aliphatic heterocycles.